The molecule has 1 aromatic heterocycles. The van der Waals surface area contributed by atoms with Crippen LogP contribution in [0.2, 0.25) is 0 Å². The Labute approximate surface area is 83.1 Å². The Morgan fingerprint density at radius 3 is 3.00 bits per heavy atom. The van der Waals surface area contributed by atoms with Gasteiger partial charge in [0.25, 0.3) is 0 Å². The van der Waals surface area contributed by atoms with Crippen molar-refractivity contribution in [2.24, 2.45) is 0 Å². The van der Waals surface area contributed by atoms with E-state index in [4.69, 9.17) is 5.73 Å². The van der Waals surface area contributed by atoms with Gasteiger partial charge in [-0.25, -0.2) is 4.98 Å². The smallest absolute Gasteiger partial charge is 0.137 e. The molecule has 0 aliphatic heterocycles. The number of nitrogen functional groups attached to an aromatic ring is 1. The predicted octanol–water partition coefficient (Wildman–Crippen LogP) is 2.21. The van der Waals surface area contributed by atoms with Crippen LogP contribution in [0.4, 0.5) is 11.5 Å². The van der Waals surface area contributed by atoms with Crippen molar-refractivity contribution >= 4 is 23.3 Å². The molecule has 13 heavy (non-hydrogen) atoms. The van der Waals surface area contributed by atoms with Gasteiger partial charge < -0.3 is 11.1 Å². The van der Waals surface area contributed by atoms with Crippen LogP contribution in [0.5, 0.6) is 0 Å². The number of hydrogen-bond acceptors (Lipinski definition) is 4. The van der Waals surface area contributed by atoms with E-state index < -0.39 is 0 Å². The molecule has 3 nitrogen and oxygen atoms in total. The van der Waals surface area contributed by atoms with Crippen molar-refractivity contribution in [3.05, 3.63) is 12.3 Å². The summed E-state index contributed by atoms with van der Waals surface area (Å²) in [5.74, 6) is 1.71. The van der Waals surface area contributed by atoms with Crippen molar-refractivity contribution < 1.29 is 0 Å². The molecule has 0 saturated heterocycles. The zero-order valence-corrected chi connectivity index (χ0v) is 8.82. The molecule has 0 saturated carbocycles. The first-order valence-electron chi connectivity index (χ1n) is 4.34. The number of nitrogens with zero attached hydrogens (tertiary/aromatic N) is 1. The summed E-state index contributed by atoms with van der Waals surface area (Å²) >= 11 is 1.75. The Kier molecular flexibility index (Phi) is 3.89. The number of nitrogens with one attached hydrogen (secondary N) is 1. The fourth-order valence-corrected chi connectivity index (χ4v) is 1.75. The lowest BCUT2D eigenvalue weighted by atomic mass is 10.4. The first-order valence-corrected chi connectivity index (χ1v) is 5.32. The quantitative estimate of drug-likeness (QED) is 0.727. The zero-order chi connectivity index (χ0) is 9.68. The maximum atomic E-state index is 5.73. The summed E-state index contributed by atoms with van der Waals surface area (Å²) in [6.45, 7) is 2.15. The van der Waals surface area contributed by atoms with E-state index in [1.54, 1.807) is 18.0 Å². The van der Waals surface area contributed by atoms with Crippen molar-refractivity contribution in [1.82, 2.24) is 4.98 Å². The highest BCUT2D eigenvalue weighted by molar-refractivity contribution is 7.99. The molecule has 0 fully saturated rings. The lowest BCUT2D eigenvalue weighted by Gasteiger charge is -2.06. The SMILES string of the molecule is CCCSc1cc(NC)cnc1N. The molecular weight excluding hydrogens is 182 g/mol. The summed E-state index contributed by atoms with van der Waals surface area (Å²) in [4.78, 5) is 5.16. The summed E-state index contributed by atoms with van der Waals surface area (Å²) in [5, 5.41) is 3.04. The molecule has 0 atom stereocenters. The van der Waals surface area contributed by atoms with Crippen LogP contribution in [-0.2, 0) is 0 Å². The highest BCUT2D eigenvalue weighted by Crippen LogP contribution is 2.26. The number of nitrogens with two attached hydrogens (primary N) is 1. The molecule has 0 amide bonds. The van der Waals surface area contributed by atoms with Crippen LogP contribution in [0.1, 0.15) is 13.3 Å². The van der Waals surface area contributed by atoms with Crippen LogP contribution >= 0.6 is 11.8 Å². The summed E-state index contributed by atoms with van der Waals surface area (Å²) in [7, 11) is 1.88. The maximum Gasteiger partial charge on any atom is 0.137 e. The molecule has 0 spiro atoms. The largest absolute Gasteiger partial charge is 0.387 e. The van der Waals surface area contributed by atoms with Crippen LogP contribution in [0.25, 0.3) is 0 Å². The van der Waals surface area contributed by atoms with E-state index in [-0.39, 0.29) is 0 Å². The Hall–Kier alpha value is -0.900. The highest BCUT2D eigenvalue weighted by atomic mass is 32.2. The number of anilines is 2. The molecule has 4 heteroatoms. The fraction of sp³-hybridized carbons (Fsp3) is 0.444. The minimum Gasteiger partial charge on any atom is -0.387 e. The van der Waals surface area contributed by atoms with Crippen LogP contribution in [0, 0.1) is 0 Å². The van der Waals surface area contributed by atoms with E-state index in [2.05, 4.69) is 17.2 Å². The summed E-state index contributed by atoms with van der Waals surface area (Å²) < 4.78 is 0. The monoisotopic (exact) mass is 197 g/mol. The van der Waals surface area contributed by atoms with Gasteiger partial charge in [0.1, 0.15) is 5.82 Å². The van der Waals surface area contributed by atoms with Gasteiger partial charge in [-0.2, -0.15) is 0 Å². The first-order chi connectivity index (χ1) is 6.27. The average Bonchev–Trinajstić information content (AvgIpc) is 2.17. The number of pyridine rings is 1. The third-order valence-corrected chi connectivity index (χ3v) is 2.88. The summed E-state index contributed by atoms with van der Waals surface area (Å²) in [5.41, 5.74) is 6.73. The first kappa shape index (κ1) is 10.2. The second-order valence-electron chi connectivity index (χ2n) is 2.71. The summed E-state index contributed by atoms with van der Waals surface area (Å²) in [6, 6.07) is 2.03. The van der Waals surface area contributed by atoms with Crippen molar-refractivity contribution in [2.75, 3.05) is 23.9 Å². The third kappa shape index (κ3) is 2.81. The topological polar surface area (TPSA) is 50.9 Å². The van der Waals surface area contributed by atoms with Gasteiger partial charge in [0, 0.05) is 7.05 Å². The van der Waals surface area contributed by atoms with E-state index in [1.807, 2.05) is 13.1 Å². The Balaban J connectivity index is 2.78. The molecule has 1 aromatic rings. The maximum absolute atomic E-state index is 5.73. The lowest BCUT2D eigenvalue weighted by Crippen LogP contribution is -1.96. The van der Waals surface area contributed by atoms with Crippen LogP contribution < -0.4 is 11.1 Å². The van der Waals surface area contributed by atoms with E-state index in [0.717, 1.165) is 22.8 Å². The van der Waals surface area contributed by atoms with E-state index in [0.29, 0.717) is 5.82 Å². The lowest BCUT2D eigenvalue weighted by molar-refractivity contribution is 1.10. The number of aromatic nitrogens is 1. The van der Waals surface area contributed by atoms with Crippen molar-refractivity contribution in [3.63, 3.8) is 0 Å². The summed E-state index contributed by atoms with van der Waals surface area (Å²) in [6.07, 6.45) is 2.89. The van der Waals surface area contributed by atoms with Crippen LogP contribution in [0.15, 0.2) is 17.2 Å². The van der Waals surface area contributed by atoms with E-state index >= 15 is 0 Å². The number of thioether (sulfide) groups is 1. The molecule has 0 aliphatic rings. The molecule has 0 aromatic carbocycles. The number of rotatable bonds is 4. The fourth-order valence-electron chi connectivity index (χ4n) is 0.919. The average molecular weight is 197 g/mol. The van der Waals surface area contributed by atoms with Gasteiger partial charge in [0.05, 0.1) is 16.8 Å². The minimum absolute atomic E-state index is 0.623. The van der Waals surface area contributed by atoms with Crippen molar-refractivity contribution in [1.29, 1.82) is 0 Å². The molecule has 1 heterocycles. The van der Waals surface area contributed by atoms with E-state index in [1.165, 1.54) is 0 Å². The molecule has 72 valence electrons. The van der Waals surface area contributed by atoms with Crippen molar-refractivity contribution in [3.8, 4) is 0 Å². The number of hydrogen-bond donors (Lipinski definition) is 2. The van der Waals surface area contributed by atoms with Gasteiger partial charge in [-0.3, -0.25) is 0 Å². The third-order valence-electron chi connectivity index (χ3n) is 1.63. The Bertz CT molecular complexity index is 276. The predicted molar refractivity (Wildman–Crippen MR) is 59.2 cm³/mol. The molecule has 0 bridgehead atoms. The van der Waals surface area contributed by atoms with Crippen molar-refractivity contribution in [2.45, 2.75) is 18.2 Å². The van der Waals surface area contributed by atoms with Crippen LogP contribution in [-0.4, -0.2) is 17.8 Å². The highest BCUT2D eigenvalue weighted by Gasteiger charge is 2.01. The van der Waals surface area contributed by atoms with Gasteiger partial charge in [-0.15, -0.1) is 11.8 Å². The minimum atomic E-state index is 0.623. The molecular formula is C9H15N3S. The van der Waals surface area contributed by atoms with Gasteiger partial charge in [-0.1, -0.05) is 6.92 Å². The van der Waals surface area contributed by atoms with Gasteiger partial charge >= 0.3 is 0 Å². The Morgan fingerprint density at radius 1 is 1.62 bits per heavy atom. The molecule has 1 rings (SSSR count). The van der Waals surface area contributed by atoms with Gasteiger partial charge in [0.2, 0.25) is 0 Å². The Morgan fingerprint density at radius 2 is 2.38 bits per heavy atom. The zero-order valence-electron chi connectivity index (χ0n) is 8.00. The molecule has 0 unspecified atom stereocenters. The second-order valence-corrected chi connectivity index (χ2v) is 3.84. The normalized spacial score (nSPS) is 10.0. The van der Waals surface area contributed by atoms with Gasteiger partial charge in [-0.05, 0) is 18.2 Å². The molecule has 0 radical (unpaired) electrons. The standard InChI is InChI=1S/C9H15N3S/c1-3-4-13-8-5-7(11-2)6-12-9(8)10/h5-6,11H,3-4H2,1-2H3,(H2,10,12). The molecule has 0 aliphatic carbocycles. The molecule has 3 N–H and O–H groups in total. The van der Waals surface area contributed by atoms with Crippen LogP contribution in [0.3, 0.4) is 0 Å². The van der Waals surface area contributed by atoms with Gasteiger partial charge in [0.15, 0.2) is 0 Å². The second kappa shape index (κ2) is 4.97. The van der Waals surface area contributed by atoms with E-state index in [9.17, 15) is 0 Å².